The van der Waals surface area contributed by atoms with Crippen molar-refractivity contribution in [3.63, 3.8) is 0 Å². The molecule has 1 aliphatic rings. The van der Waals surface area contributed by atoms with E-state index in [1.54, 1.807) is 13.0 Å². The van der Waals surface area contributed by atoms with E-state index in [-0.39, 0.29) is 12.0 Å². The number of anilines is 1. The normalized spacial score (nSPS) is 22.4. The molecular formula is C13H19N3O3. The van der Waals surface area contributed by atoms with Crippen LogP contribution in [0.1, 0.15) is 38.3 Å². The molecule has 1 aromatic rings. The molecule has 1 fully saturated rings. The van der Waals surface area contributed by atoms with Crippen LogP contribution in [0.4, 0.5) is 5.82 Å². The summed E-state index contributed by atoms with van der Waals surface area (Å²) in [7, 11) is 0. The molecule has 2 atom stereocenters. The quantitative estimate of drug-likeness (QED) is 0.861. The van der Waals surface area contributed by atoms with Crippen LogP contribution in [0.3, 0.4) is 0 Å². The van der Waals surface area contributed by atoms with Crippen molar-refractivity contribution in [3.8, 4) is 0 Å². The zero-order valence-electron chi connectivity index (χ0n) is 11.2. The Morgan fingerprint density at radius 2 is 2.37 bits per heavy atom. The van der Waals surface area contributed by atoms with Crippen molar-refractivity contribution >= 4 is 11.7 Å². The van der Waals surface area contributed by atoms with Gasteiger partial charge in [-0.2, -0.15) is 4.98 Å². The van der Waals surface area contributed by atoms with Crippen molar-refractivity contribution in [2.45, 2.75) is 51.7 Å². The highest BCUT2D eigenvalue weighted by Crippen LogP contribution is 2.22. The van der Waals surface area contributed by atoms with Gasteiger partial charge in [-0.05, 0) is 33.1 Å². The lowest BCUT2D eigenvalue weighted by molar-refractivity contribution is -0.116. The van der Waals surface area contributed by atoms with Crippen LogP contribution >= 0.6 is 0 Å². The van der Waals surface area contributed by atoms with Gasteiger partial charge in [-0.15, -0.1) is 0 Å². The molecular weight excluding hydrogens is 246 g/mol. The molecule has 0 spiro atoms. The Morgan fingerprint density at radius 3 is 3.00 bits per heavy atom. The van der Waals surface area contributed by atoms with E-state index < -0.39 is 5.69 Å². The van der Waals surface area contributed by atoms with E-state index in [1.165, 1.54) is 0 Å². The van der Waals surface area contributed by atoms with Gasteiger partial charge in [-0.3, -0.25) is 4.79 Å². The number of carbonyl (C=O) groups is 1. The largest absolute Gasteiger partial charge is 0.375 e. The lowest BCUT2D eigenvalue weighted by Crippen LogP contribution is -2.20. The van der Waals surface area contributed by atoms with Crippen molar-refractivity contribution < 1.29 is 9.53 Å². The summed E-state index contributed by atoms with van der Waals surface area (Å²) in [5, 5.41) is 2.63. The second kappa shape index (κ2) is 5.97. The molecule has 104 valence electrons. The van der Waals surface area contributed by atoms with Gasteiger partial charge in [0.1, 0.15) is 5.82 Å². The Morgan fingerprint density at radius 1 is 1.58 bits per heavy atom. The fourth-order valence-corrected chi connectivity index (χ4v) is 2.24. The van der Waals surface area contributed by atoms with Crippen LogP contribution in [0, 0.1) is 6.92 Å². The molecule has 6 heteroatoms. The molecule has 0 aliphatic carbocycles. The number of H-pyrrole nitrogens is 1. The van der Waals surface area contributed by atoms with Gasteiger partial charge in [0.2, 0.25) is 5.91 Å². The topological polar surface area (TPSA) is 84.1 Å². The molecule has 2 N–H and O–H groups in total. The summed E-state index contributed by atoms with van der Waals surface area (Å²) >= 11 is 0. The summed E-state index contributed by atoms with van der Waals surface area (Å²) < 4.78 is 5.65. The molecule has 0 bridgehead atoms. The van der Waals surface area contributed by atoms with E-state index in [1.807, 2.05) is 6.92 Å². The van der Waals surface area contributed by atoms with Crippen molar-refractivity contribution in [1.29, 1.82) is 0 Å². The maximum atomic E-state index is 11.8. The average Bonchev–Trinajstić information content (AvgIpc) is 2.71. The number of ether oxygens (including phenoxy) is 1. The highest BCUT2D eigenvalue weighted by atomic mass is 16.5. The molecule has 1 aliphatic heterocycles. The van der Waals surface area contributed by atoms with Crippen LogP contribution in [0.15, 0.2) is 10.9 Å². The number of hydrogen-bond acceptors (Lipinski definition) is 4. The molecule has 0 aromatic carbocycles. The van der Waals surface area contributed by atoms with E-state index >= 15 is 0 Å². The molecule has 0 saturated carbocycles. The predicted octanol–water partition coefficient (Wildman–Crippen LogP) is 1.36. The SMILES string of the molecule is Cc1cc(NC(=O)CC[C@@H]2CC[C@@H](C)O2)nc(=O)[nH]1. The van der Waals surface area contributed by atoms with Crippen LogP contribution in [0.5, 0.6) is 0 Å². The Balaban J connectivity index is 1.82. The average molecular weight is 265 g/mol. The number of hydrogen-bond donors (Lipinski definition) is 2. The van der Waals surface area contributed by atoms with Gasteiger partial charge in [0.25, 0.3) is 0 Å². The summed E-state index contributed by atoms with van der Waals surface area (Å²) in [6.07, 6.45) is 3.63. The maximum Gasteiger partial charge on any atom is 0.347 e. The summed E-state index contributed by atoms with van der Waals surface area (Å²) in [4.78, 5) is 29.1. The minimum atomic E-state index is -0.455. The van der Waals surface area contributed by atoms with Crippen molar-refractivity contribution in [2.24, 2.45) is 0 Å². The number of aromatic amines is 1. The third kappa shape index (κ3) is 4.17. The van der Waals surface area contributed by atoms with Crippen molar-refractivity contribution in [2.75, 3.05) is 5.32 Å². The first-order chi connectivity index (χ1) is 9.02. The smallest absolute Gasteiger partial charge is 0.347 e. The fourth-order valence-electron chi connectivity index (χ4n) is 2.24. The Labute approximate surface area is 111 Å². The van der Waals surface area contributed by atoms with Gasteiger partial charge >= 0.3 is 5.69 Å². The standard InChI is InChI=1S/C13H19N3O3/c1-8-7-11(16-13(18)14-8)15-12(17)6-5-10-4-3-9(2)19-10/h7,9-10H,3-6H2,1-2H3,(H2,14,15,16,17,18)/t9-,10+/m1/s1. The summed E-state index contributed by atoms with van der Waals surface area (Å²) in [6, 6.07) is 1.63. The third-order valence-corrected chi connectivity index (χ3v) is 3.16. The zero-order chi connectivity index (χ0) is 13.8. The van der Waals surface area contributed by atoms with Crippen LogP contribution in [0.25, 0.3) is 0 Å². The number of rotatable bonds is 4. The van der Waals surface area contributed by atoms with Crippen LogP contribution < -0.4 is 11.0 Å². The Kier molecular flexibility index (Phi) is 4.31. The number of nitrogens with one attached hydrogen (secondary N) is 2. The number of aryl methyl sites for hydroxylation is 1. The van der Waals surface area contributed by atoms with Gasteiger partial charge in [0.05, 0.1) is 12.2 Å². The molecule has 2 heterocycles. The van der Waals surface area contributed by atoms with Gasteiger partial charge in [0, 0.05) is 18.2 Å². The van der Waals surface area contributed by atoms with E-state index in [9.17, 15) is 9.59 Å². The first-order valence-corrected chi connectivity index (χ1v) is 6.56. The highest BCUT2D eigenvalue weighted by Gasteiger charge is 2.22. The Bertz CT molecular complexity index is 512. The number of amides is 1. The summed E-state index contributed by atoms with van der Waals surface area (Å²) in [5.41, 5.74) is 0.214. The van der Waals surface area contributed by atoms with Gasteiger partial charge in [-0.1, -0.05) is 0 Å². The monoisotopic (exact) mass is 265 g/mol. The van der Waals surface area contributed by atoms with E-state index in [2.05, 4.69) is 15.3 Å². The predicted molar refractivity (Wildman–Crippen MR) is 71.0 cm³/mol. The van der Waals surface area contributed by atoms with E-state index in [0.29, 0.717) is 30.5 Å². The lowest BCUT2D eigenvalue weighted by atomic mass is 10.1. The second-order valence-electron chi connectivity index (χ2n) is 4.99. The molecule has 1 amide bonds. The fraction of sp³-hybridized carbons (Fsp3) is 0.615. The highest BCUT2D eigenvalue weighted by molar-refractivity contribution is 5.89. The lowest BCUT2D eigenvalue weighted by Gasteiger charge is -2.10. The molecule has 1 aromatic heterocycles. The van der Waals surface area contributed by atoms with Crippen LogP contribution in [-0.4, -0.2) is 28.1 Å². The van der Waals surface area contributed by atoms with Crippen molar-refractivity contribution in [3.05, 3.63) is 22.2 Å². The molecule has 19 heavy (non-hydrogen) atoms. The van der Waals surface area contributed by atoms with Gasteiger partial charge in [-0.25, -0.2) is 4.79 Å². The first kappa shape index (κ1) is 13.7. The van der Waals surface area contributed by atoms with Gasteiger partial charge < -0.3 is 15.0 Å². The summed E-state index contributed by atoms with van der Waals surface area (Å²) in [5.74, 6) is 0.160. The maximum absolute atomic E-state index is 11.8. The minimum absolute atomic E-state index is 0.138. The number of nitrogens with zero attached hydrogens (tertiary/aromatic N) is 1. The van der Waals surface area contributed by atoms with E-state index in [0.717, 1.165) is 12.8 Å². The van der Waals surface area contributed by atoms with Crippen LogP contribution in [-0.2, 0) is 9.53 Å². The third-order valence-electron chi connectivity index (χ3n) is 3.16. The molecule has 2 rings (SSSR count). The summed E-state index contributed by atoms with van der Waals surface area (Å²) in [6.45, 7) is 3.79. The second-order valence-corrected chi connectivity index (χ2v) is 4.99. The first-order valence-electron chi connectivity index (χ1n) is 6.56. The van der Waals surface area contributed by atoms with Crippen LogP contribution in [0.2, 0.25) is 0 Å². The zero-order valence-corrected chi connectivity index (χ0v) is 11.2. The molecule has 0 unspecified atom stereocenters. The number of aromatic nitrogens is 2. The molecule has 0 radical (unpaired) electrons. The Hall–Kier alpha value is -1.69. The van der Waals surface area contributed by atoms with Crippen molar-refractivity contribution in [1.82, 2.24) is 9.97 Å². The minimum Gasteiger partial charge on any atom is -0.375 e. The molecule has 6 nitrogen and oxygen atoms in total. The van der Waals surface area contributed by atoms with Gasteiger partial charge in [0.15, 0.2) is 0 Å². The molecule has 1 saturated heterocycles. The number of carbonyl (C=O) groups excluding carboxylic acids is 1. The van der Waals surface area contributed by atoms with E-state index in [4.69, 9.17) is 4.74 Å².